The molecule has 5 atom stereocenters. The van der Waals surface area contributed by atoms with E-state index in [2.05, 4.69) is 31.6 Å². The van der Waals surface area contributed by atoms with Gasteiger partial charge in [-0.05, 0) is 37.2 Å². The molecule has 0 unspecified atom stereocenters. The van der Waals surface area contributed by atoms with Crippen molar-refractivity contribution in [2.24, 2.45) is 39.6 Å². The van der Waals surface area contributed by atoms with Crippen molar-refractivity contribution in [2.75, 3.05) is 13.1 Å². The molecule has 0 bridgehead atoms. The van der Waals surface area contributed by atoms with Gasteiger partial charge in [0.1, 0.15) is 24.2 Å². The van der Waals surface area contributed by atoms with Crippen molar-refractivity contribution < 1.29 is 33.6 Å². The highest BCUT2D eigenvalue weighted by Crippen LogP contribution is 2.10. The summed E-state index contributed by atoms with van der Waals surface area (Å²) >= 11 is 0. The number of nitrogens with zero attached hydrogens (tertiary/aromatic N) is 1. The van der Waals surface area contributed by atoms with E-state index in [1.165, 1.54) is 0 Å². The van der Waals surface area contributed by atoms with E-state index in [1.54, 1.807) is 51.1 Å². The second-order valence-electron chi connectivity index (χ2n) is 11.9. The number of rotatable bonds is 22. The van der Waals surface area contributed by atoms with Crippen molar-refractivity contribution >= 4 is 47.3 Å². The summed E-state index contributed by atoms with van der Waals surface area (Å²) in [6.45, 7) is 4.97. The number of primary amides is 2. The predicted octanol–water partition coefficient (Wildman–Crippen LogP) is -3.52. The van der Waals surface area contributed by atoms with Gasteiger partial charge in [0, 0.05) is 13.0 Å². The summed E-state index contributed by atoms with van der Waals surface area (Å²) in [4.78, 5) is 93.1. The molecule has 0 heterocycles. The number of aliphatic imine (C=N–C) groups is 1. The Bertz CT molecular complexity index is 1320. The minimum absolute atomic E-state index is 0.0503. The number of carbonyl (C=O) groups excluding carboxylic acids is 7. The van der Waals surface area contributed by atoms with E-state index in [9.17, 15) is 33.6 Å². The van der Waals surface area contributed by atoms with Crippen LogP contribution < -0.4 is 55.3 Å². The summed E-state index contributed by atoms with van der Waals surface area (Å²) in [5, 5.41) is 12.5. The van der Waals surface area contributed by atoms with Crippen LogP contribution in [0.15, 0.2) is 35.3 Å². The van der Waals surface area contributed by atoms with E-state index in [4.69, 9.17) is 28.7 Å². The molecule has 0 aromatic heterocycles. The first kappa shape index (κ1) is 41.8. The van der Waals surface area contributed by atoms with Gasteiger partial charge in [-0.1, -0.05) is 51.1 Å². The maximum Gasteiger partial charge on any atom is 0.243 e. The molecule has 0 saturated heterocycles. The van der Waals surface area contributed by atoms with Gasteiger partial charge in [0.15, 0.2) is 5.96 Å². The van der Waals surface area contributed by atoms with Crippen molar-refractivity contribution in [1.29, 1.82) is 0 Å². The highest BCUT2D eigenvalue weighted by Gasteiger charge is 2.33. The summed E-state index contributed by atoms with van der Waals surface area (Å²) in [7, 11) is 0. The molecule has 272 valence electrons. The lowest BCUT2D eigenvalue weighted by atomic mass is 10.00. The predicted molar refractivity (Wildman–Crippen MR) is 182 cm³/mol. The molecule has 18 heteroatoms. The van der Waals surface area contributed by atoms with E-state index in [-0.39, 0.29) is 44.1 Å². The van der Waals surface area contributed by atoms with Crippen LogP contribution in [0.25, 0.3) is 0 Å². The van der Waals surface area contributed by atoms with Gasteiger partial charge in [-0.15, -0.1) is 0 Å². The molecule has 0 radical (unpaired) electrons. The Hall–Kier alpha value is -5.26. The zero-order chi connectivity index (χ0) is 37.1. The van der Waals surface area contributed by atoms with E-state index in [1.807, 2.05) is 0 Å². The van der Waals surface area contributed by atoms with Crippen LogP contribution in [-0.2, 0) is 40.0 Å². The van der Waals surface area contributed by atoms with Gasteiger partial charge in [0.05, 0.1) is 19.0 Å². The first-order chi connectivity index (χ1) is 23.0. The first-order valence-corrected chi connectivity index (χ1v) is 15.9. The number of hydrogen-bond donors (Lipinski definition) is 10. The average Bonchev–Trinajstić information content (AvgIpc) is 3.03. The summed E-state index contributed by atoms with van der Waals surface area (Å²) in [5.41, 5.74) is 27.8. The number of nitrogens with two attached hydrogens (primary N) is 5. The van der Waals surface area contributed by atoms with Crippen LogP contribution in [0.3, 0.4) is 0 Å². The third kappa shape index (κ3) is 16.9. The lowest BCUT2D eigenvalue weighted by molar-refractivity contribution is -0.136. The lowest BCUT2D eigenvalue weighted by Crippen LogP contribution is -2.59. The largest absolute Gasteiger partial charge is 0.370 e. The first-order valence-electron chi connectivity index (χ1n) is 15.9. The van der Waals surface area contributed by atoms with Crippen molar-refractivity contribution in [3.63, 3.8) is 0 Å². The van der Waals surface area contributed by atoms with Crippen LogP contribution in [0, 0.1) is 5.92 Å². The van der Waals surface area contributed by atoms with Crippen molar-refractivity contribution in [3.05, 3.63) is 35.9 Å². The fourth-order valence-electron chi connectivity index (χ4n) is 4.52. The Morgan fingerprint density at radius 2 is 1.27 bits per heavy atom. The number of guanidine groups is 1. The Morgan fingerprint density at radius 1 is 0.714 bits per heavy atom. The summed E-state index contributed by atoms with van der Waals surface area (Å²) in [6.07, 6.45) is 0.126. The topological polar surface area (TPSA) is 322 Å². The normalized spacial score (nSPS) is 13.8. The van der Waals surface area contributed by atoms with Gasteiger partial charge >= 0.3 is 0 Å². The lowest BCUT2D eigenvalue weighted by Gasteiger charge is -2.27. The van der Waals surface area contributed by atoms with Gasteiger partial charge in [-0.25, -0.2) is 0 Å². The smallest absolute Gasteiger partial charge is 0.243 e. The number of amides is 7. The van der Waals surface area contributed by atoms with Crippen LogP contribution in [0.2, 0.25) is 0 Å². The second-order valence-corrected chi connectivity index (χ2v) is 11.9. The molecule has 0 fully saturated rings. The molecule has 1 rings (SSSR count). The maximum absolute atomic E-state index is 13.6. The monoisotopic (exact) mass is 689 g/mol. The zero-order valence-corrected chi connectivity index (χ0v) is 28.2. The van der Waals surface area contributed by atoms with Gasteiger partial charge in [-0.3, -0.25) is 38.6 Å². The van der Waals surface area contributed by atoms with E-state index in [0.29, 0.717) is 12.0 Å². The quantitative estimate of drug-likeness (QED) is 0.0325. The van der Waals surface area contributed by atoms with Crippen LogP contribution >= 0.6 is 0 Å². The van der Waals surface area contributed by atoms with Crippen LogP contribution in [0.5, 0.6) is 0 Å². The molecule has 18 nitrogen and oxygen atoms in total. The molecule has 1 aromatic rings. The van der Waals surface area contributed by atoms with Gasteiger partial charge in [-0.2, -0.15) is 0 Å². The number of benzene rings is 1. The number of hydrogen-bond acceptors (Lipinski definition) is 9. The van der Waals surface area contributed by atoms with Gasteiger partial charge < -0.3 is 55.3 Å². The average molecular weight is 690 g/mol. The molecule has 7 amide bonds. The zero-order valence-electron chi connectivity index (χ0n) is 28.2. The van der Waals surface area contributed by atoms with E-state index < -0.39 is 84.5 Å². The number of nitrogens with one attached hydrogen (secondary N) is 5. The molecule has 15 N–H and O–H groups in total. The molecule has 0 aliphatic rings. The molecular formula is C31H51N11O7. The fraction of sp³-hybridized carbons (Fsp3) is 0.548. The molecule has 49 heavy (non-hydrogen) atoms. The Kier molecular flexibility index (Phi) is 18.4. The molecule has 0 aliphatic heterocycles. The van der Waals surface area contributed by atoms with Crippen LogP contribution in [0.1, 0.15) is 58.4 Å². The molecule has 1 aromatic carbocycles. The highest BCUT2D eigenvalue weighted by atomic mass is 16.2. The van der Waals surface area contributed by atoms with E-state index in [0.717, 1.165) is 0 Å². The second kappa shape index (κ2) is 21.6. The minimum Gasteiger partial charge on any atom is -0.370 e. The minimum atomic E-state index is -1.54. The van der Waals surface area contributed by atoms with Crippen molar-refractivity contribution in [3.8, 4) is 0 Å². The maximum atomic E-state index is 13.6. The third-order valence-electron chi connectivity index (χ3n) is 7.09. The Balaban J connectivity index is 3.24. The van der Waals surface area contributed by atoms with Crippen LogP contribution in [0.4, 0.5) is 0 Å². The summed E-state index contributed by atoms with van der Waals surface area (Å²) in [6, 6.07) is 2.78. The highest BCUT2D eigenvalue weighted by molar-refractivity contribution is 5.97. The third-order valence-corrected chi connectivity index (χ3v) is 7.09. The standard InChI is InChI=1S/C31H51N11O7/c1-4-19(32)26(45)39-20(11-8-12-37-31(35)36)28(47)42-23(15-24(33)43)30(49)40-21(13-17(2)3)29(48)41-22(27(46)38-16-25(34)44)14-18-9-6-5-7-10-18/h5-7,9-10,17,19-23H,4,8,11-16,32H2,1-3H3,(H2,33,43)(H2,34,44)(H,38,46)(H,39,45)(H,40,49)(H,41,48)(H,42,47)(H4,35,36,37)/t19-,20-,21-,22-,23-/m0/s1. The SMILES string of the molecule is CC[C@H](N)C(=O)N[C@@H](CCCN=C(N)N)C(=O)N[C@@H](CC(N)=O)C(=O)N[C@@H](CC(C)C)C(=O)N[C@@H](Cc1ccccc1)C(=O)NCC(N)=O. The molecule has 0 aliphatic carbocycles. The van der Waals surface area contributed by atoms with Crippen molar-refractivity contribution in [1.82, 2.24) is 26.6 Å². The Morgan fingerprint density at radius 3 is 1.82 bits per heavy atom. The van der Waals surface area contributed by atoms with Crippen molar-refractivity contribution in [2.45, 2.75) is 89.5 Å². The molecular weight excluding hydrogens is 638 g/mol. The fourth-order valence-corrected chi connectivity index (χ4v) is 4.52. The Labute approximate surface area is 285 Å². The molecule has 0 saturated carbocycles. The van der Waals surface area contributed by atoms with Gasteiger partial charge in [0.2, 0.25) is 41.4 Å². The van der Waals surface area contributed by atoms with Crippen LogP contribution in [-0.4, -0.2) is 90.6 Å². The van der Waals surface area contributed by atoms with Gasteiger partial charge in [0.25, 0.3) is 0 Å². The number of carbonyl (C=O) groups is 7. The van der Waals surface area contributed by atoms with E-state index >= 15 is 0 Å². The summed E-state index contributed by atoms with van der Waals surface area (Å²) in [5.74, 6) is -5.77. The molecule has 0 spiro atoms. The summed E-state index contributed by atoms with van der Waals surface area (Å²) < 4.78 is 0.